The van der Waals surface area contributed by atoms with Crippen LogP contribution in [-0.4, -0.2) is 61.2 Å². The minimum atomic E-state index is -3.45. The van der Waals surface area contributed by atoms with E-state index in [2.05, 4.69) is 22.5 Å². The zero-order chi connectivity index (χ0) is 16.2. The molecule has 1 aliphatic rings. The van der Waals surface area contributed by atoms with E-state index in [0.717, 1.165) is 9.54 Å². The van der Waals surface area contributed by atoms with Crippen molar-refractivity contribution in [2.45, 2.75) is 4.21 Å². The molecule has 0 atom stereocenters. The van der Waals surface area contributed by atoms with Gasteiger partial charge in [0.25, 0.3) is 10.0 Å². The van der Waals surface area contributed by atoms with Crippen LogP contribution in [0.1, 0.15) is 0 Å². The van der Waals surface area contributed by atoms with Gasteiger partial charge in [0.15, 0.2) is 0 Å². The summed E-state index contributed by atoms with van der Waals surface area (Å²) in [4.78, 5) is 13.7. The van der Waals surface area contributed by atoms with Crippen LogP contribution in [0.4, 0.5) is 0 Å². The summed E-state index contributed by atoms with van der Waals surface area (Å²) in [6, 6.07) is 3.34. The maximum absolute atomic E-state index is 12.5. The molecule has 1 saturated heterocycles. The van der Waals surface area contributed by atoms with Crippen LogP contribution in [0.15, 0.2) is 32.8 Å². The van der Waals surface area contributed by atoms with Crippen molar-refractivity contribution in [3.63, 3.8) is 0 Å². The molecule has 9 heteroatoms. The third-order valence-electron chi connectivity index (χ3n) is 3.20. The minimum Gasteiger partial charge on any atom is -0.339 e. The van der Waals surface area contributed by atoms with Crippen LogP contribution in [0.3, 0.4) is 0 Å². The predicted octanol–water partition coefficient (Wildman–Crippen LogP) is 2.26. The summed E-state index contributed by atoms with van der Waals surface area (Å²) in [7, 11) is -3.45. The number of hydrogen-bond acceptors (Lipinski definition) is 5. The molecule has 0 N–H and O–H groups in total. The van der Waals surface area contributed by atoms with Crippen molar-refractivity contribution in [2.24, 2.45) is 0 Å². The third kappa shape index (κ3) is 4.35. The predicted molar refractivity (Wildman–Crippen MR) is 94.9 cm³/mol. The number of thioether (sulfide) groups is 1. The summed E-state index contributed by atoms with van der Waals surface area (Å²) in [6.45, 7) is 5.19. The second kappa shape index (κ2) is 7.96. The lowest BCUT2D eigenvalue weighted by atomic mass is 10.3. The van der Waals surface area contributed by atoms with Gasteiger partial charge in [0.2, 0.25) is 5.91 Å². The molecule has 2 heterocycles. The third-order valence-corrected chi connectivity index (χ3v) is 8.11. The summed E-state index contributed by atoms with van der Waals surface area (Å²) in [6.07, 6.45) is 1.77. The number of hydrogen-bond donors (Lipinski definition) is 0. The number of rotatable bonds is 6. The molecule has 1 aliphatic heterocycles. The zero-order valence-corrected chi connectivity index (χ0v) is 15.9. The summed E-state index contributed by atoms with van der Waals surface area (Å²) in [5, 5.41) is 0. The van der Waals surface area contributed by atoms with E-state index in [0.29, 0.717) is 36.1 Å². The number of carbonyl (C=O) groups excluding carboxylic acids is 1. The van der Waals surface area contributed by atoms with Gasteiger partial charge >= 0.3 is 0 Å². The molecule has 22 heavy (non-hydrogen) atoms. The quantitative estimate of drug-likeness (QED) is 0.518. The molecule has 1 amide bonds. The maximum Gasteiger partial charge on any atom is 0.252 e. The second-order valence-corrected chi connectivity index (χ2v) is 10.3. The summed E-state index contributed by atoms with van der Waals surface area (Å²) in [5.41, 5.74) is 0. The fourth-order valence-corrected chi connectivity index (χ4v) is 6.29. The van der Waals surface area contributed by atoms with E-state index < -0.39 is 10.0 Å². The highest BCUT2D eigenvalue weighted by Crippen LogP contribution is 2.28. The van der Waals surface area contributed by atoms with Gasteiger partial charge in [-0.1, -0.05) is 6.08 Å². The lowest BCUT2D eigenvalue weighted by molar-refractivity contribution is -0.129. The second-order valence-electron chi connectivity index (χ2n) is 4.65. The number of carbonyl (C=O) groups is 1. The average molecular weight is 425 g/mol. The highest BCUT2D eigenvalue weighted by molar-refractivity contribution is 9.11. The number of sulfonamides is 1. The Morgan fingerprint density at radius 1 is 1.36 bits per heavy atom. The van der Waals surface area contributed by atoms with E-state index in [-0.39, 0.29) is 5.91 Å². The Morgan fingerprint density at radius 2 is 2.05 bits per heavy atom. The topological polar surface area (TPSA) is 57.7 Å². The number of halogens is 1. The smallest absolute Gasteiger partial charge is 0.252 e. The molecule has 1 aromatic rings. The molecule has 1 aromatic heterocycles. The van der Waals surface area contributed by atoms with E-state index in [1.165, 1.54) is 27.4 Å². The molecule has 122 valence electrons. The van der Waals surface area contributed by atoms with E-state index in [1.54, 1.807) is 23.1 Å². The van der Waals surface area contributed by atoms with Gasteiger partial charge in [0.1, 0.15) is 4.21 Å². The Kier molecular flexibility index (Phi) is 6.51. The van der Waals surface area contributed by atoms with E-state index in [9.17, 15) is 13.2 Å². The Morgan fingerprint density at radius 3 is 2.59 bits per heavy atom. The molecule has 0 spiro atoms. The van der Waals surface area contributed by atoms with Gasteiger partial charge in [-0.25, -0.2) is 8.42 Å². The fraction of sp³-hybridized carbons (Fsp3) is 0.462. The largest absolute Gasteiger partial charge is 0.339 e. The summed E-state index contributed by atoms with van der Waals surface area (Å²) >= 11 is 6.00. The highest BCUT2D eigenvalue weighted by atomic mass is 79.9. The molecular formula is C13H17BrN2O3S3. The molecule has 0 bridgehead atoms. The van der Waals surface area contributed by atoms with Crippen molar-refractivity contribution in [1.29, 1.82) is 0 Å². The normalized spacial score (nSPS) is 16.7. The standard InChI is InChI=1S/C13H17BrN2O3S3/c1-2-9-20-10-12(17)15-5-7-16(8-6-15)22(18,19)13-4-3-11(14)21-13/h2-4H,1,5-10H2. The first kappa shape index (κ1) is 18.0. The molecule has 0 unspecified atom stereocenters. The fourth-order valence-electron chi connectivity index (χ4n) is 2.06. The van der Waals surface area contributed by atoms with Crippen molar-refractivity contribution < 1.29 is 13.2 Å². The van der Waals surface area contributed by atoms with Gasteiger partial charge in [0, 0.05) is 31.9 Å². The van der Waals surface area contributed by atoms with Crippen molar-refractivity contribution >= 4 is 55.0 Å². The van der Waals surface area contributed by atoms with Crippen molar-refractivity contribution in [3.05, 3.63) is 28.6 Å². The van der Waals surface area contributed by atoms with E-state index >= 15 is 0 Å². The van der Waals surface area contributed by atoms with Gasteiger partial charge in [-0.3, -0.25) is 4.79 Å². The monoisotopic (exact) mass is 424 g/mol. The molecule has 1 fully saturated rings. The first-order valence-corrected chi connectivity index (χ1v) is 10.9. The average Bonchev–Trinajstić information content (AvgIpc) is 2.95. The van der Waals surface area contributed by atoms with Gasteiger partial charge < -0.3 is 4.90 Å². The van der Waals surface area contributed by atoms with Gasteiger partial charge in [0.05, 0.1) is 9.54 Å². The van der Waals surface area contributed by atoms with E-state index in [4.69, 9.17) is 0 Å². The van der Waals surface area contributed by atoms with Crippen molar-refractivity contribution in [2.75, 3.05) is 37.7 Å². The first-order valence-electron chi connectivity index (χ1n) is 6.67. The molecule has 0 radical (unpaired) electrons. The van der Waals surface area contributed by atoms with Gasteiger partial charge in [-0.15, -0.1) is 29.7 Å². The summed E-state index contributed by atoms with van der Waals surface area (Å²) in [5.74, 6) is 1.21. The van der Waals surface area contributed by atoms with Crippen LogP contribution in [0.5, 0.6) is 0 Å². The SMILES string of the molecule is C=CCSCC(=O)N1CCN(S(=O)(=O)c2ccc(Br)s2)CC1. The van der Waals surface area contributed by atoms with Crippen LogP contribution >= 0.6 is 39.0 Å². The molecule has 2 rings (SSSR count). The Balaban J connectivity index is 1.91. The number of amides is 1. The molecule has 0 aromatic carbocycles. The maximum atomic E-state index is 12.5. The number of piperazine rings is 1. The van der Waals surface area contributed by atoms with Crippen LogP contribution < -0.4 is 0 Å². The van der Waals surface area contributed by atoms with E-state index in [1.807, 2.05) is 0 Å². The lowest BCUT2D eigenvalue weighted by Crippen LogP contribution is -2.50. The zero-order valence-electron chi connectivity index (χ0n) is 11.9. The Bertz CT molecular complexity index is 637. The Hall–Kier alpha value is -0.350. The highest BCUT2D eigenvalue weighted by Gasteiger charge is 2.30. The molecule has 0 saturated carbocycles. The van der Waals surface area contributed by atoms with Crippen LogP contribution in [0.2, 0.25) is 0 Å². The van der Waals surface area contributed by atoms with Gasteiger partial charge in [-0.2, -0.15) is 4.31 Å². The van der Waals surface area contributed by atoms with Gasteiger partial charge in [-0.05, 0) is 28.1 Å². The summed E-state index contributed by atoms with van der Waals surface area (Å²) < 4.78 is 27.5. The molecule has 0 aliphatic carbocycles. The Labute approximate surface area is 147 Å². The van der Waals surface area contributed by atoms with Crippen LogP contribution in [-0.2, 0) is 14.8 Å². The number of nitrogens with zero attached hydrogens (tertiary/aromatic N) is 2. The van der Waals surface area contributed by atoms with Crippen molar-refractivity contribution in [3.8, 4) is 0 Å². The first-order chi connectivity index (χ1) is 10.4. The van der Waals surface area contributed by atoms with Crippen LogP contribution in [0, 0.1) is 0 Å². The molecule has 5 nitrogen and oxygen atoms in total. The minimum absolute atomic E-state index is 0.0581. The molecular weight excluding hydrogens is 408 g/mol. The lowest BCUT2D eigenvalue weighted by Gasteiger charge is -2.33. The van der Waals surface area contributed by atoms with Crippen molar-refractivity contribution in [1.82, 2.24) is 9.21 Å². The van der Waals surface area contributed by atoms with Crippen LogP contribution in [0.25, 0.3) is 0 Å². The number of thiophene rings is 1.